The number of benzene rings is 1. The maximum atomic E-state index is 11.7. The minimum absolute atomic E-state index is 0.161. The highest BCUT2D eigenvalue weighted by atomic mass is 16.6. The fraction of sp³-hybridized carbons (Fsp3) is 0. The third-order valence-electron chi connectivity index (χ3n) is 2.65. The third-order valence-corrected chi connectivity index (χ3v) is 2.65. The van der Waals surface area contributed by atoms with Gasteiger partial charge in [0.15, 0.2) is 11.6 Å². The molecule has 0 fully saturated rings. The van der Waals surface area contributed by atoms with Gasteiger partial charge in [-0.05, 0) is 6.07 Å². The fourth-order valence-corrected chi connectivity index (χ4v) is 1.69. The van der Waals surface area contributed by atoms with Crippen molar-refractivity contribution in [2.75, 3.05) is 5.32 Å². The van der Waals surface area contributed by atoms with Crippen LogP contribution in [0.25, 0.3) is 11.4 Å². The Balaban J connectivity index is 1.65. The Labute approximate surface area is 126 Å². The van der Waals surface area contributed by atoms with Crippen molar-refractivity contribution in [2.24, 2.45) is 0 Å². The van der Waals surface area contributed by atoms with Gasteiger partial charge in [0, 0.05) is 18.0 Å². The summed E-state index contributed by atoms with van der Waals surface area (Å²) in [4.78, 5) is 27.7. The number of carbonyl (C=O) groups excluding carboxylic acids is 1. The van der Waals surface area contributed by atoms with E-state index in [0.717, 1.165) is 5.56 Å². The zero-order valence-electron chi connectivity index (χ0n) is 11.4. The van der Waals surface area contributed by atoms with Gasteiger partial charge >= 0.3 is 6.09 Å². The van der Waals surface area contributed by atoms with Gasteiger partial charge in [0.05, 0.1) is 12.4 Å². The van der Waals surface area contributed by atoms with E-state index in [4.69, 9.17) is 4.74 Å². The van der Waals surface area contributed by atoms with Crippen LogP contribution < -0.4 is 10.1 Å². The summed E-state index contributed by atoms with van der Waals surface area (Å²) in [7, 11) is 0. The molecular formula is C15H11N5O2. The summed E-state index contributed by atoms with van der Waals surface area (Å²) >= 11 is 0. The molecule has 3 rings (SSSR count). The first kappa shape index (κ1) is 13.6. The van der Waals surface area contributed by atoms with E-state index in [1.165, 1.54) is 24.8 Å². The van der Waals surface area contributed by atoms with Gasteiger partial charge in [0.1, 0.15) is 0 Å². The highest BCUT2D eigenvalue weighted by molar-refractivity contribution is 5.83. The van der Waals surface area contributed by atoms with Crippen LogP contribution in [0.2, 0.25) is 0 Å². The molecule has 1 amide bonds. The van der Waals surface area contributed by atoms with Crippen LogP contribution in [0.5, 0.6) is 5.75 Å². The average Bonchev–Trinajstić information content (AvgIpc) is 2.57. The van der Waals surface area contributed by atoms with Crippen molar-refractivity contribution in [3.63, 3.8) is 0 Å². The van der Waals surface area contributed by atoms with Crippen LogP contribution in [0.15, 0.2) is 61.2 Å². The maximum absolute atomic E-state index is 11.7. The SMILES string of the molecule is O=C(Nc1ncccn1)Oc1cnc(-c2ccccc2)nc1. The first-order valence-electron chi connectivity index (χ1n) is 6.44. The molecule has 7 heteroatoms. The molecule has 1 N–H and O–H groups in total. The van der Waals surface area contributed by atoms with E-state index < -0.39 is 6.09 Å². The molecule has 1 aromatic carbocycles. The van der Waals surface area contributed by atoms with E-state index in [9.17, 15) is 4.79 Å². The van der Waals surface area contributed by atoms with E-state index in [2.05, 4.69) is 25.3 Å². The summed E-state index contributed by atoms with van der Waals surface area (Å²) in [6.45, 7) is 0. The average molecular weight is 293 g/mol. The van der Waals surface area contributed by atoms with Crippen LogP contribution in [-0.4, -0.2) is 26.0 Å². The van der Waals surface area contributed by atoms with Gasteiger partial charge in [0.25, 0.3) is 0 Å². The maximum Gasteiger partial charge on any atom is 0.419 e. The lowest BCUT2D eigenvalue weighted by Gasteiger charge is -2.05. The molecule has 0 radical (unpaired) electrons. The van der Waals surface area contributed by atoms with Gasteiger partial charge in [0.2, 0.25) is 5.95 Å². The Morgan fingerprint density at radius 2 is 1.59 bits per heavy atom. The minimum atomic E-state index is -0.706. The number of nitrogens with one attached hydrogen (secondary N) is 1. The number of amides is 1. The second kappa shape index (κ2) is 6.40. The van der Waals surface area contributed by atoms with Crippen molar-refractivity contribution >= 4 is 12.0 Å². The van der Waals surface area contributed by atoms with Crippen molar-refractivity contribution in [1.29, 1.82) is 0 Å². The normalized spacial score (nSPS) is 10.0. The van der Waals surface area contributed by atoms with E-state index in [1.807, 2.05) is 30.3 Å². The summed E-state index contributed by atoms with van der Waals surface area (Å²) < 4.78 is 5.05. The van der Waals surface area contributed by atoms with Crippen LogP contribution in [0.1, 0.15) is 0 Å². The fourth-order valence-electron chi connectivity index (χ4n) is 1.69. The van der Waals surface area contributed by atoms with E-state index in [-0.39, 0.29) is 11.7 Å². The Kier molecular flexibility index (Phi) is 3.96. The Morgan fingerprint density at radius 1 is 0.909 bits per heavy atom. The Bertz CT molecular complexity index is 748. The quantitative estimate of drug-likeness (QED) is 0.798. The van der Waals surface area contributed by atoms with Crippen molar-refractivity contribution in [2.45, 2.75) is 0 Å². The topological polar surface area (TPSA) is 89.9 Å². The summed E-state index contributed by atoms with van der Waals surface area (Å²) in [5.41, 5.74) is 0.885. The van der Waals surface area contributed by atoms with Gasteiger partial charge in [-0.1, -0.05) is 30.3 Å². The highest BCUT2D eigenvalue weighted by Crippen LogP contribution is 2.16. The summed E-state index contributed by atoms with van der Waals surface area (Å²) in [5, 5.41) is 2.40. The second-order valence-electron chi connectivity index (χ2n) is 4.20. The lowest BCUT2D eigenvalue weighted by molar-refractivity contribution is 0.214. The van der Waals surface area contributed by atoms with Gasteiger partial charge < -0.3 is 4.74 Å². The number of ether oxygens (including phenoxy) is 1. The number of hydrogen-bond donors (Lipinski definition) is 1. The molecule has 7 nitrogen and oxygen atoms in total. The molecule has 0 saturated heterocycles. The van der Waals surface area contributed by atoms with Crippen LogP contribution in [0, 0.1) is 0 Å². The molecule has 2 heterocycles. The molecule has 0 atom stereocenters. The largest absolute Gasteiger partial charge is 0.419 e. The Hall–Kier alpha value is -3.35. The zero-order chi connectivity index (χ0) is 15.2. The molecule has 0 spiro atoms. The van der Waals surface area contributed by atoms with Gasteiger partial charge in [-0.3, -0.25) is 5.32 Å². The molecule has 108 valence electrons. The van der Waals surface area contributed by atoms with Crippen LogP contribution in [0.4, 0.5) is 10.7 Å². The van der Waals surface area contributed by atoms with E-state index >= 15 is 0 Å². The van der Waals surface area contributed by atoms with Crippen LogP contribution in [-0.2, 0) is 0 Å². The van der Waals surface area contributed by atoms with Crippen LogP contribution >= 0.6 is 0 Å². The molecule has 22 heavy (non-hydrogen) atoms. The minimum Gasteiger partial charge on any atom is -0.407 e. The Morgan fingerprint density at radius 3 is 2.27 bits per heavy atom. The van der Waals surface area contributed by atoms with Crippen molar-refractivity contribution in [1.82, 2.24) is 19.9 Å². The smallest absolute Gasteiger partial charge is 0.407 e. The van der Waals surface area contributed by atoms with Gasteiger partial charge in [-0.2, -0.15) is 0 Å². The first-order valence-corrected chi connectivity index (χ1v) is 6.44. The molecular weight excluding hydrogens is 282 g/mol. The van der Waals surface area contributed by atoms with Gasteiger partial charge in [-0.25, -0.2) is 24.7 Å². The molecule has 0 bridgehead atoms. The standard InChI is InChI=1S/C15H11N5O2/c21-15(20-14-16-7-4-8-17-14)22-12-9-18-13(19-10-12)11-5-2-1-3-6-11/h1-10H,(H,16,17,20,21). The number of anilines is 1. The predicted octanol–water partition coefficient (Wildman–Crippen LogP) is 2.54. The predicted molar refractivity (Wildman–Crippen MR) is 79.1 cm³/mol. The molecule has 0 aliphatic heterocycles. The van der Waals surface area contributed by atoms with Crippen molar-refractivity contribution in [3.05, 3.63) is 61.2 Å². The molecule has 0 aliphatic rings. The third kappa shape index (κ3) is 3.40. The summed E-state index contributed by atoms with van der Waals surface area (Å²) in [6, 6.07) is 11.2. The monoisotopic (exact) mass is 293 g/mol. The number of aromatic nitrogens is 4. The molecule has 0 unspecified atom stereocenters. The molecule has 2 aromatic heterocycles. The van der Waals surface area contributed by atoms with Crippen LogP contribution in [0.3, 0.4) is 0 Å². The summed E-state index contributed by atoms with van der Waals surface area (Å²) in [6.07, 6.45) is 5.18. The first-order chi connectivity index (χ1) is 10.8. The number of nitrogens with zero attached hydrogens (tertiary/aromatic N) is 4. The molecule has 0 saturated carbocycles. The number of carbonyl (C=O) groups is 1. The van der Waals surface area contributed by atoms with E-state index in [0.29, 0.717) is 5.82 Å². The number of hydrogen-bond acceptors (Lipinski definition) is 6. The molecule has 3 aromatic rings. The van der Waals surface area contributed by atoms with Crippen molar-refractivity contribution < 1.29 is 9.53 Å². The molecule has 0 aliphatic carbocycles. The van der Waals surface area contributed by atoms with Gasteiger partial charge in [-0.15, -0.1) is 0 Å². The highest BCUT2D eigenvalue weighted by Gasteiger charge is 2.08. The zero-order valence-corrected chi connectivity index (χ0v) is 11.4. The van der Waals surface area contributed by atoms with E-state index in [1.54, 1.807) is 6.07 Å². The second-order valence-corrected chi connectivity index (χ2v) is 4.20. The van der Waals surface area contributed by atoms with Crippen molar-refractivity contribution in [3.8, 4) is 17.1 Å². The lowest BCUT2D eigenvalue weighted by Crippen LogP contribution is -2.18. The lowest BCUT2D eigenvalue weighted by atomic mass is 10.2. The number of rotatable bonds is 3. The summed E-state index contributed by atoms with van der Waals surface area (Å²) in [5.74, 6) is 0.946.